The van der Waals surface area contributed by atoms with Crippen molar-refractivity contribution in [1.82, 2.24) is 9.88 Å². The SMILES string of the molecule is CC(C)(C)Nc1cncc(C(=O)N2CCOCC2)c1. The number of hydrogen-bond acceptors (Lipinski definition) is 4. The number of hydrogen-bond donors (Lipinski definition) is 1. The zero-order valence-corrected chi connectivity index (χ0v) is 11.8. The average Bonchev–Trinajstić information content (AvgIpc) is 2.37. The van der Waals surface area contributed by atoms with Crippen LogP contribution in [0.2, 0.25) is 0 Å². The summed E-state index contributed by atoms with van der Waals surface area (Å²) in [5.41, 5.74) is 1.44. The molecule has 0 radical (unpaired) electrons. The first-order valence-corrected chi connectivity index (χ1v) is 6.56. The summed E-state index contributed by atoms with van der Waals surface area (Å²) >= 11 is 0. The van der Waals surface area contributed by atoms with Gasteiger partial charge in [-0.3, -0.25) is 9.78 Å². The first kappa shape index (κ1) is 13.8. The van der Waals surface area contributed by atoms with Crippen LogP contribution in [0.1, 0.15) is 31.1 Å². The molecule has 1 aromatic heterocycles. The highest BCUT2D eigenvalue weighted by atomic mass is 16.5. The second-order valence-electron chi connectivity index (χ2n) is 5.74. The van der Waals surface area contributed by atoms with Gasteiger partial charge in [-0.2, -0.15) is 0 Å². The molecule has 5 heteroatoms. The van der Waals surface area contributed by atoms with Crippen LogP contribution in [0.3, 0.4) is 0 Å². The first-order valence-electron chi connectivity index (χ1n) is 6.56. The fourth-order valence-corrected chi connectivity index (χ4v) is 2.01. The maximum absolute atomic E-state index is 12.3. The van der Waals surface area contributed by atoms with Crippen molar-refractivity contribution in [2.75, 3.05) is 31.6 Å². The number of pyridine rings is 1. The van der Waals surface area contributed by atoms with Gasteiger partial charge in [-0.1, -0.05) is 0 Å². The van der Waals surface area contributed by atoms with Crippen LogP contribution in [-0.4, -0.2) is 47.6 Å². The van der Waals surface area contributed by atoms with Gasteiger partial charge in [-0.25, -0.2) is 0 Å². The molecule has 104 valence electrons. The molecule has 1 fully saturated rings. The summed E-state index contributed by atoms with van der Waals surface area (Å²) < 4.78 is 5.25. The fraction of sp³-hybridized carbons (Fsp3) is 0.571. The van der Waals surface area contributed by atoms with Crippen LogP contribution < -0.4 is 5.32 Å². The van der Waals surface area contributed by atoms with E-state index in [1.165, 1.54) is 0 Å². The summed E-state index contributed by atoms with van der Waals surface area (Å²) in [7, 11) is 0. The largest absolute Gasteiger partial charge is 0.379 e. The third-order valence-electron chi connectivity index (χ3n) is 2.80. The van der Waals surface area contributed by atoms with E-state index in [-0.39, 0.29) is 11.4 Å². The number of amides is 1. The Bertz CT molecular complexity index is 448. The van der Waals surface area contributed by atoms with E-state index in [4.69, 9.17) is 4.74 Å². The van der Waals surface area contributed by atoms with Gasteiger partial charge in [0, 0.05) is 31.0 Å². The Morgan fingerprint density at radius 3 is 2.63 bits per heavy atom. The summed E-state index contributed by atoms with van der Waals surface area (Å²) in [6, 6.07) is 1.86. The summed E-state index contributed by atoms with van der Waals surface area (Å²) in [6.07, 6.45) is 3.35. The van der Waals surface area contributed by atoms with Crippen LogP contribution in [0.15, 0.2) is 18.5 Å². The smallest absolute Gasteiger partial charge is 0.255 e. The third-order valence-corrected chi connectivity index (χ3v) is 2.80. The Kier molecular flexibility index (Phi) is 4.04. The number of rotatable bonds is 2. The Hall–Kier alpha value is -1.62. The number of nitrogens with one attached hydrogen (secondary N) is 1. The molecule has 2 heterocycles. The highest BCUT2D eigenvalue weighted by Crippen LogP contribution is 2.16. The second-order valence-corrected chi connectivity index (χ2v) is 5.74. The second kappa shape index (κ2) is 5.57. The van der Waals surface area contributed by atoms with Gasteiger partial charge in [-0.15, -0.1) is 0 Å². The number of anilines is 1. The zero-order chi connectivity index (χ0) is 13.9. The number of ether oxygens (including phenoxy) is 1. The fourth-order valence-electron chi connectivity index (χ4n) is 2.01. The lowest BCUT2D eigenvalue weighted by atomic mass is 10.1. The molecule has 0 atom stereocenters. The molecular weight excluding hydrogens is 242 g/mol. The van der Waals surface area contributed by atoms with Gasteiger partial charge in [0.2, 0.25) is 0 Å². The molecule has 0 saturated carbocycles. The minimum absolute atomic E-state index is 0.0216. The Morgan fingerprint density at radius 1 is 1.32 bits per heavy atom. The van der Waals surface area contributed by atoms with Gasteiger partial charge in [0.05, 0.1) is 24.5 Å². The lowest BCUT2D eigenvalue weighted by molar-refractivity contribution is 0.0302. The Labute approximate surface area is 114 Å². The van der Waals surface area contributed by atoms with Crippen molar-refractivity contribution in [1.29, 1.82) is 0 Å². The van der Waals surface area contributed by atoms with E-state index in [2.05, 4.69) is 31.1 Å². The standard InChI is InChI=1S/C14H21N3O2/c1-14(2,3)16-12-8-11(9-15-10-12)13(18)17-4-6-19-7-5-17/h8-10,16H,4-7H2,1-3H3. The molecular formula is C14H21N3O2. The molecule has 0 unspecified atom stereocenters. The van der Waals surface area contributed by atoms with Crippen molar-refractivity contribution in [3.05, 3.63) is 24.0 Å². The molecule has 1 aliphatic heterocycles. The van der Waals surface area contributed by atoms with E-state index in [9.17, 15) is 4.79 Å². The van der Waals surface area contributed by atoms with Crippen molar-refractivity contribution in [2.24, 2.45) is 0 Å². The van der Waals surface area contributed by atoms with E-state index < -0.39 is 0 Å². The maximum atomic E-state index is 12.3. The Balaban J connectivity index is 2.11. The van der Waals surface area contributed by atoms with Crippen LogP contribution in [0, 0.1) is 0 Å². The normalized spacial score (nSPS) is 16.3. The highest BCUT2D eigenvalue weighted by molar-refractivity contribution is 5.94. The van der Waals surface area contributed by atoms with Crippen molar-refractivity contribution in [3.63, 3.8) is 0 Å². The summed E-state index contributed by atoms with van der Waals surface area (Å²) in [4.78, 5) is 18.3. The maximum Gasteiger partial charge on any atom is 0.255 e. The molecule has 1 aromatic rings. The minimum Gasteiger partial charge on any atom is -0.379 e. The number of morpholine rings is 1. The lowest BCUT2D eigenvalue weighted by Gasteiger charge is -2.27. The van der Waals surface area contributed by atoms with Gasteiger partial charge >= 0.3 is 0 Å². The van der Waals surface area contributed by atoms with Crippen LogP contribution in [-0.2, 0) is 4.74 Å². The molecule has 0 aliphatic carbocycles. The highest BCUT2D eigenvalue weighted by Gasteiger charge is 2.19. The summed E-state index contributed by atoms with van der Waals surface area (Å²) in [5.74, 6) is 0.0216. The predicted octanol–water partition coefficient (Wildman–Crippen LogP) is 1.76. The van der Waals surface area contributed by atoms with Crippen LogP contribution in [0.5, 0.6) is 0 Å². The number of aromatic nitrogens is 1. The molecule has 2 rings (SSSR count). The van der Waals surface area contributed by atoms with Gasteiger partial charge in [0.15, 0.2) is 0 Å². The molecule has 0 bridgehead atoms. The number of nitrogens with zero attached hydrogens (tertiary/aromatic N) is 2. The van der Waals surface area contributed by atoms with Crippen molar-refractivity contribution in [3.8, 4) is 0 Å². The predicted molar refractivity (Wildman–Crippen MR) is 74.3 cm³/mol. The minimum atomic E-state index is -0.0533. The Morgan fingerprint density at radius 2 is 2.00 bits per heavy atom. The van der Waals surface area contributed by atoms with Crippen LogP contribution in [0.25, 0.3) is 0 Å². The summed E-state index contributed by atoms with van der Waals surface area (Å²) in [6.45, 7) is 8.74. The number of carbonyl (C=O) groups is 1. The van der Waals surface area contributed by atoms with Gasteiger partial charge in [0.1, 0.15) is 0 Å². The topological polar surface area (TPSA) is 54.5 Å². The van der Waals surface area contributed by atoms with Crippen molar-refractivity contribution < 1.29 is 9.53 Å². The monoisotopic (exact) mass is 263 g/mol. The molecule has 0 spiro atoms. The molecule has 5 nitrogen and oxygen atoms in total. The molecule has 1 aliphatic rings. The van der Waals surface area contributed by atoms with Gasteiger partial charge < -0.3 is 15.0 Å². The van der Waals surface area contributed by atoms with Gasteiger partial charge in [-0.05, 0) is 26.8 Å². The first-order chi connectivity index (χ1) is 8.96. The zero-order valence-electron chi connectivity index (χ0n) is 11.8. The summed E-state index contributed by atoms with van der Waals surface area (Å²) in [5, 5.41) is 3.32. The molecule has 1 amide bonds. The molecule has 0 aromatic carbocycles. The van der Waals surface area contributed by atoms with E-state index in [0.717, 1.165) is 5.69 Å². The van der Waals surface area contributed by atoms with Crippen molar-refractivity contribution in [2.45, 2.75) is 26.3 Å². The molecule has 1 saturated heterocycles. The van der Waals surface area contributed by atoms with Gasteiger partial charge in [0.25, 0.3) is 5.91 Å². The van der Waals surface area contributed by atoms with Crippen LogP contribution >= 0.6 is 0 Å². The third kappa shape index (κ3) is 3.92. The number of carbonyl (C=O) groups excluding carboxylic acids is 1. The lowest BCUT2D eigenvalue weighted by Crippen LogP contribution is -2.40. The van der Waals surface area contributed by atoms with Crippen molar-refractivity contribution >= 4 is 11.6 Å². The van der Waals surface area contributed by atoms with E-state index in [0.29, 0.717) is 31.9 Å². The van der Waals surface area contributed by atoms with Crippen LogP contribution in [0.4, 0.5) is 5.69 Å². The van der Waals surface area contributed by atoms with E-state index >= 15 is 0 Å². The molecule has 19 heavy (non-hydrogen) atoms. The molecule has 1 N–H and O–H groups in total. The van der Waals surface area contributed by atoms with E-state index in [1.54, 1.807) is 17.3 Å². The van der Waals surface area contributed by atoms with E-state index in [1.807, 2.05) is 6.07 Å². The average molecular weight is 263 g/mol. The quantitative estimate of drug-likeness (QED) is 0.883.